The van der Waals surface area contributed by atoms with Crippen LogP contribution in [-0.4, -0.2) is 33.8 Å². The van der Waals surface area contributed by atoms with Crippen LogP contribution in [-0.2, 0) is 16.1 Å². The van der Waals surface area contributed by atoms with Crippen molar-refractivity contribution in [3.05, 3.63) is 100 Å². The number of nitrogens with zero attached hydrogens (tertiary/aromatic N) is 2. The van der Waals surface area contributed by atoms with Gasteiger partial charge in [0, 0.05) is 11.8 Å². The van der Waals surface area contributed by atoms with Crippen LogP contribution < -0.4 is 4.74 Å². The number of ketones is 1. The molecular formula is C24H19ClN2O4. The molecule has 1 unspecified atom stereocenters. The molecule has 0 radical (unpaired) electrons. The summed E-state index contributed by atoms with van der Waals surface area (Å²) in [6, 6.07) is 18.4. The molecule has 7 heteroatoms. The highest BCUT2D eigenvalue weighted by atomic mass is 35.5. The number of carbonyl (C=O) groups excluding carboxylic acids is 2. The van der Waals surface area contributed by atoms with E-state index < -0.39 is 17.7 Å². The van der Waals surface area contributed by atoms with Gasteiger partial charge in [0.15, 0.2) is 0 Å². The number of pyridine rings is 1. The van der Waals surface area contributed by atoms with Crippen LogP contribution in [0.5, 0.6) is 5.75 Å². The highest BCUT2D eigenvalue weighted by Crippen LogP contribution is 2.40. The van der Waals surface area contributed by atoms with Crippen LogP contribution in [0, 0.1) is 0 Å². The molecule has 2 heterocycles. The number of methoxy groups -OCH3 is 1. The molecule has 0 aliphatic carbocycles. The number of benzene rings is 2. The Morgan fingerprint density at radius 3 is 2.52 bits per heavy atom. The van der Waals surface area contributed by atoms with Crippen molar-refractivity contribution < 1.29 is 19.4 Å². The van der Waals surface area contributed by atoms with Crippen LogP contribution in [0.2, 0.25) is 5.02 Å². The molecule has 0 spiro atoms. The van der Waals surface area contributed by atoms with E-state index in [2.05, 4.69) is 4.98 Å². The van der Waals surface area contributed by atoms with Crippen LogP contribution in [0.25, 0.3) is 5.76 Å². The zero-order valence-electron chi connectivity index (χ0n) is 16.7. The summed E-state index contributed by atoms with van der Waals surface area (Å²) in [7, 11) is 1.46. The third-order valence-corrected chi connectivity index (χ3v) is 5.45. The lowest BCUT2D eigenvalue weighted by molar-refractivity contribution is -0.140. The predicted octanol–water partition coefficient (Wildman–Crippen LogP) is 4.37. The van der Waals surface area contributed by atoms with Gasteiger partial charge in [-0.3, -0.25) is 14.6 Å². The first-order valence-corrected chi connectivity index (χ1v) is 9.96. The molecule has 1 aliphatic heterocycles. The molecule has 1 saturated heterocycles. The van der Waals surface area contributed by atoms with Gasteiger partial charge in [-0.15, -0.1) is 0 Å². The van der Waals surface area contributed by atoms with Gasteiger partial charge >= 0.3 is 0 Å². The highest BCUT2D eigenvalue weighted by molar-refractivity contribution is 6.46. The van der Waals surface area contributed by atoms with Crippen molar-refractivity contribution in [2.24, 2.45) is 0 Å². The summed E-state index contributed by atoms with van der Waals surface area (Å²) in [5.41, 5.74) is 1.69. The smallest absolute Gasteiger partial charge is 0.296 e. The van der Waals surface area contributed by atoms with Crippen molar-refractivity contribution in [2.45, 2.75) is 12.6 Å². The Balaban J connectivity index is 1.86. The van der Waals surface area contributed by atoms with Crippen molar-refractivity contribution in [3.63, 3.8) is 0 Å². The number of rotatable bonds is 5. The Morgan fingerprint density at radius 1 is 1.10 bits per heavy atom. The second-order valence-corrected chi connectivity index (χ2v) is 7.42. The minimum absolute atomic E-state index is 0.0107. The van der Waals surface area contributed by atoms with Crippen molar-refractivity contribution in [3.8, 4) is 5.75 Å². The normalized spacial score (nSPS) is 17.7. The number of aliphatic hydroxyl groups is 1. The Kier molecular flexibility index (Phi) is 5.73. The third-order valence-electron chi connectivity index (χ3n) is 5.14. The fraction of sp³-hybridized carbons (Fsp3) is 0.125. The number of likely N-dealkylation sites (tertiary alicyclic amines) is 1. The summed E-state index contributed by atoms with van der Waals surface area (Å²) < 4.78 is 5.22. The molecule has 4 rings (SSSR count). The molecule has 1 fully saturated rings. The van der Waals surface area contributed by atoms with Gasteiger partial charge in [-0.05, 0) is 35.9 Å². The fourth-order valence-electron chi connectivity index (χ4n) is 3.65. The fourth-order valence-corrected chi connectivity index (χ4v) is 3.85. The predicted molar refractivity (Wildman–Crippen MR) is 117 cm³/mol. The first-order chi connectivity index (χ1) is 15.0. The molecule has 31 heavy (non-hydrogen) atoms. The molecule has 1 atom stereocenters. The average molecular weight is 435 g/mol. The van der Waals surface area contributed by atoms with Crippen molar-refractivity contribution in [2.75, 3.05) is 7.11 Å². The number of halogens is 1. The van der Waals surface area contributed by atoms with Crippen LogP contribution in [0.15, 0.2) is 78.5 Å². The van der Waals surface area contributed by atoms with Gasteiger partial charge < -0.3 is 14.7 Å². The van der Waals surface area contributed by atoms with E-state index in [4.69, 9.17) is 16.3 Å². The molecule has 6 nitrogen and oxygen atoms in total. The molecule has 1 N–H and O–H groups in total. The maximum atomic E-state index is 13.0. The van der Waals surface area contributed by atoms with E-state index in [1.165, 1.54) is 18.1 Å². The first-order valence-electron chi connectivity index (χ1n) is 9.58. The summed E-state index contributed by atoms with van der Waals surface area (Å²) in [5, 5.41) is 11.5. The quantitative estimate of drug-likeness (QED) is 0.366. The number of hydrogen-bond acceptors (Lipinski definition) is 5. The summed E-state index contributed by atoms with van der Waals surface area (Å²) in [5.74, 6) is -1.38. The van der Waals surface area contributed by atoms with E-state index in [9.17, 15) is 14.7 Å². The van der Waals surface area contributed by atoms with Crippen molar-refractivity contribution in [1.82, 2.24) is 9.88 Å². The maximum absolute atomic E-state index is 13.0. The topological polar surface area (TPSA) is 79.7 Å². The number of aromatic nitrogens is 1. The second-order valence-electron chi connectivity index (χ2n) is 7.01. The monoisotopic (exact) mass is 434 g/mol. The van der Waals surface area contributed by atoms with Gasteiger partial charge in [0.2, 0.25) is 0 Å². The molecule has 1 aromatic heterocycles. The number of Topliss-reactive ketones (excluding diaryl/α,β-unsaturated/α-hetero) is 1. The number of amides is 1. The Hall–Kier alpha value is -3.64. The van der Waals surface area contributed by atoms with E-state index in [1.807, 2.05) is 36.4 Å². The molecule has 156 valence electrons. The summed E-state index contributed by atoms with van der Waals surface area (Å²) in [6.07, 6.45) is 1.63. The Morgan fingerprint density at radius 2 is 1.84 bits per heavy atom. The standard InChI is InChI=1S/C24H19ClN2O4/c1-31-19-13-16(10-11-18(19)25)22(28)20-21(15-7-3-2-4-8-15)27(24(30)23(20)29)14-17-9-5-6-12-26-17/h2-13,21,28H,14H2,1H3/b22-20-. The number of ether oxygens (including phenoxy) is 1. The van der Waals surface area contributed by atoms with Crippen molar-refractivity contribution >= 4 is 29.1 Å². The SMILES string of the molecule is COc1cc(/C(O)=C2/C(=O)C(=O)N(Cc3ccccn3)C2c2ccccc2)ccc1Cl. The molecule has 2 aromatic carbocycles. The summed E-state index contributed by atoms with van der Waals surface area (Å²) in [4.78, 5) is 31.7. The van der Waals surface area contributed by atoms with Gasteiger partial charge in [-0.1, -0.05) is 48.0 Å². The minimum atomic E-state index is -0.759. The van der Waals surface area contributed by atoms with E-state index in [-0.39, 0.29) is 17.9 Å². The molecule has 1 aliphatic rings. The largest absolute Gasteiger partial charge is 0.507 e. The van der Waals surface area contributed by atoms with Crippen LogP contribution in [0.3, 0.4) is 0 Å². The average Bonchev–Trinajstić information content (AvgIpc) is 3.05. The zero-order valence-corrected chi connectivity index (χ0v) is 17.4. The Labute approximate surface area is 184 Å². The highest BCUT2D eigenvalue weighted by Gasteiger charge is 2.46. The Bertz CT molecular complexity index is 1160. The number of aliphatic hydroxyl groups excluding tert-OH is 1. The van der Waals surface area contributed by atoms with E-state index in [0.29, 0.717) is 27.6 Å². The lowest BCUT2D eigenvalue weighted by Gasteiger charge is -2.25. The van der Waals surface area contributed by atoms with Crippen LogP contribution in [0.4, 0.5) is 0 Å². The van der Waals surface area contributed by atoms with E-state index >= 15 is 0 Å². The molecule has 0 bridgehead atoms. The van der Waals surface area contributed by atoms with Gasteiger partial charge in [-0.25, -0.2) is 0 Å². The number of carbonyl (C=O) groups is 2. The van der Waals surface area contributed by atoms with Crippen LogP contribution in [0.1, 0.15) is 22.9 Å². The molecule has 1 amide bonds. The van der Waals surface area contributed by atoms with E-state index in [1.54, 1.807) is 30.5 Å². The second kappa shape index (κ2) is 8.62. The third kappa shape index (κ3) is 3.90. The first kappa shape index (κ1) is 20.6. The van der Waals surface area contributed by atoms with Gasteiger partial charge in [0.25, 0.3) is 11.7 Å². The molecule has 3 aromatic rings. The van der Waals surface area contributed by atoms with Gasteiger partial charge in [0.05, 0.1) is 36.0 Å². The zero-order chi connectivity index (χ0) is 22.0. The molecular weight excluding hydrogens is 416 g/mol. The number of hydrogen-bond donors (Lipinski definition) is 1. The summed E-state index contributed by atoms with van der Waals surface area (Å²) >= 11 is 6.09. The van der Waals surface area contributed by atoms with Gasteiger partial charge in [-0.2, -0.15) is 0 Å². The van der Waals surface area contributed by atoms with Gasteiger partial charge in [0.1, 0.15) is 11.5 Å². The maximum Gasteiger partial charge on any atom is 0.296 e. The van der Waals surface area contributed by atoms with E-state index in [0.717, 1.165) is 0 Å². The van der Waals surface area contributed by atoms with Crippen LogP contribution >= 0.6 is 11.6 Å². The lowest BCUT2D eigenvalue weighted by atomic mass is 9.95. The minimum Gasteiger partial charge on any atom is -0.507 e. The van der Waals surface area contributed by atoms with Crippen molar-refractivity contribution in [1.29, 1.82) is 0 Å². The lowest BCUT2D eigenvalue weighted by Crippen LogP contribution is -2.29. The molecule has 0 saturated carbocycles. The summed E-state index contributed by atoms with van der Waals surface area (Å²) in [6.45, 7) is 0.131.